The van der Waals surface area contributed by atoms with Crippen LogP contribution in [0.25, 0.3) is 0 Å². The molecule has 0 saturated heterocycles. The summed E-state index contributed by atoms with van der Waals surface area (Å²) >= 11 is 0. The van der Waals surface area contributed by atoms with Gasteiger partial charge in [-0.15, -0.1) is 0 Å². The summed E-state index contributed by atoms with van der Waals surface area (Å²) in [6.45, 7) is 11.7. The van der Waals surface area contributed by atoms with Gasteiger partial charge in [-0.25, -0.2) is 9.59 Å². The molecular formula is C16H24O6. The lowest BCUT2D eigenvalue weighted by Crippen LogP contribution is -2.34. The second-order valence-corrected chi connectivity index (χ2v) is 5.32. The van der Waals surface area contributed by atoms with Gasteiger partial charge in [-0.2, -0.15) is 0 Å². The molecule has 0 fully saturated rings. The van der Waals surface area contributed by atoms with E-state index in [4.69, 9.17) is 14.2 Å². The number of rotatable bonds is 10. The van der Waals surface area contributed by atoms with Gasteiger partial charge in [-0.05, 0) is 13.3 Å². The minimum atomic E-state index is -0.887. The largest absolute Gasteiger partial charge is 0.463 e. The molecule has 0 aliphatic rings. The topological polar surface area (TPSA) is 78.9 Å². The van der Waals surface area contributed by atoms with Crippen molar-refractivity contribution < 1.29 is 28.6 Å². The van der Waals surface area contributed by atoms with Gasteiger partial charge in [0.25, 0.3) is 0 Å². The van der Waals surface area contributed by atoms with E-state index in [0.29, 0.717) is 6.42 Å². The Bertz CT molecular complexity index is 402. The van der Waals surface area contributed by atoms with Gasteiger partial charge in [0.2, 0.25) is 0 Å². The van der Waals surface area contributed by atoms with Crippen LogP contribution in [0, 0.1) is 5.41 Å². The molecule has 0 rings (SSSR count). The summed E-state index contributed by atoms with van der Waals surface area (Å²) in [5.41, 5.74) is -0.887. The van der Waals surface area contributed by atoms with Gasteiger partial charge < -0.3 is 14.2 Å². The summed E-state index contributed by atoms with van der Waals surface area (Å²) in [5, 5.41) is 0. The van der Waals surface area contributed by atoms with E-state index in [1.165, 1.54) is 0 Å². The SMILES string of the molecule is C=CC(=O)OCC(C)(COC(=O)C=C)CC(=O)OC(C)CC. The Morgan fingerprint density at radius 2 is 1.55 bits per heavy atom. The molecule has 0 spiro atoms. The standard InChI is InChI=1S/C16H24O6/c1-6-12(4)22-15(19)9-16(5,10-20-13(17)7-2)11-21-14(18)8-3/h7-8,12H,2-3,6,9-11H2,1,4-5H3. The molecule has 0 bridgehead atoms. The first-order valence-electron chi connectivity index (χ1n) is 7.04. The summed E-state index contributed by atoms with van der Waals surface area (Å²) in [5.74, 6) is -1.67. The van der Waals surface area contributed by atoms with Crippen molar-refractivity contribution in [1.82, 2.24) is 0 Å². The smallest absolute Gasteiger partial charge is 0.330 e. The van der Waals surface area contributed by atoms with Crippen LogP contribution in [-0.2, 0) is 28.6 Å². The molecule has 0 aliphatic carbocycles. The minimum Gasteiger partial charge on any atom is -0.463 e. The maximum Gasteiger partial charge on any atom is 0.330 e. The Morgan fingerprint density at radius 1 is 1.09 bits per heavy atom. The van der Waals surface area contributed by atoms with Crippen LogP contribution in [0.3, 0.4) is 0 Å². The van der Waals surface area contributed by atoms with E-state index in [1.54, 1.807) is 13.8 Å². The first-order valence-corrected chi connectivity index (χ1v) is 7.04. The second-order valence-electron chi connectivity index (χ2n) is 5.32. The van der Waals surface area contributed by atoms with Crippen LogP contribution in [0.4, 0.5) is 0 Å². The first kappa shape index (κ1) is 19.9. The normalized spacial score (nSPS) is 12.0. The van der Waals surface area contributed by atoms with Crippen LogP contribution in [0.2, 0.25) is 0 Å². The van der Waals surface area contributed by atoms with Crippen molar-refractivity contribution in [1.29, 1.82) is 0 Å². The van der Waals surface area contributed by atoms with Crippen molar-refractivity contribution in [2.75, 3.05) is 13.2 Å². The van der Waals surface area contributed by atoms with Crippen LogP contribution in [0.15, 0.2) is 25.3 Å². The first-order chi connectivity index (χ1) is 10.3. The number of ether oxygens (including phenoxy) is 3. The maximum atomic E-state index is 11.9. The number of carbonyl (C=O) groups excluding carboxylic acids is 3. The summed E-state index contributed by atoms with van der Waals surface area (Å²) < 4.78 is 15.1. The van der Waals surface area contributed by atoms with Crippen LogP contribution < -0.4 is 0 Å². The Balaban J connectivity index is 4.77. The average Bonchev–Trinajstić information content (AvgIpc) is 2.49. The molecule has 0 aromatic carbocycles. The van der Waals surface area contributed by atoms with Crippen molar-refractivity contribution in [2.24, 2.45) is 5.41 Å². The zero-order valence-electron chi connectivity index (χ0n) is 13.4. The lowest BCUT2D eigenvalue weighted by atomic mass is 9.88. The zero-order chi connectivity index (χ0) is 17.2. The fourth-order valence-electron chi connectivity index (χ4n) is 1.45. The van der Waals surface area contributed by atoms with Gasteiger partial charge in [-0.1, -0.05) is 27.0 Å². The number of esters is 3. The third-order valence-corrected chi connectivity index (χ3v) is 2.94. The summed E-state index contributed by atoms with van der Waals surface area (Å²) in [6, 6.07) is 0. The molecule has 0 aromatic rings. The third-order valence-electron chi connectivity index (χ3n) is 2.94. The Labute approximate surface area is 131 Å². The zero-order valence-corrected chi connectivity index (χ0v) is 13.4. The number of hydrogen-bond acceptors (Lipinski definition) is 6. The van der Waals surface area contributed by atoms with E-state index >= 15 is 0 Å². The number of hydrogen-bond donors (Lipinski definition) is 0. The molecule has 6 nitrogen and oxygen atoms in total. The highest BCUT2D eigenvalue weighted by atomic mass is 16.6. The molecule has 124 valence electrons. The van der Waals surface area contributed by atoms with Gasteiger partial charge in [0.1, 0.15) is 13.2 Å². The molecule has 0 heterocycles. The lowest BCUT2D eigenvalue weighted by Gasteiger charge is -2.27. The summed E-state index contributed by atoms with van der Waals surface area (Å²) in [7, 11) is 0. The van der Waals surface area contributed by atoms with Crippen molar-refractivity contribution in [3.8, 4) is 0 Å². The monoisotopic (exact) mass is 312 g/mol. The van der Waals surface area contributed by atoms with Crippen LogP contribution in [0.1, 0.15) is 33.6 Å². The molecule has 0 radical (unpaired) electrons. The van der Waals surface area contributed by atoms with E-state index in [9.17, 15) is 14.4 Å². The quantitative estimate of drug-likeness (QED) is 0.349. The van der Waals surface area contributed by atoms with Gasteiger partial charge >= 0.3 is 17.9 Å². The van der Waals surface area contributed by atoms with Crippen molar-refractivity contribution in [3.63, 3.8) is 0 Å². The molecule has 1 unspecified atom stereocenters. The van der Waals surface area contributed by atoms with Crippen LogP contribution in [0.5, 0.6) is 0 Å². The predicted molar refractivity (Wildman–Crippen MR) is 80.9 cm³/mol. The lowest BCUT2D eigenvalue weighted by molar-refractivity contribution is -0.159. The van der Waals surface area contributed by atoms with Gasteiger partial charge in [-0.3, -0.25) is 4.79 Å². The van der Waals surface area contributed by atoms with E-state index in [2.05, 4.69) is 13.2 Å². The molecule has 0 amide bonds. The Morgan fingerprint density at radius 3 is 1.91 bits per heavy atom. The molecule has 0 aliphatic heterocycles. The van der Waals surface area contributed by atoms with Crippen LogP contribution in [-0.4, -0.2) is 37.2 Å². The molecule has 6 heteroatoms. The fourth-order valence-corrected chi connectivity index (χ4v) is 1.45. The predicted octanol–water partition coefficient (Wildman–Crippen LogP) is 2.18. The molecule has 0 saturated carbocycles. The molecule has 22 heavy (non-hydrogen) atoms. The van der Waals surface area contributed by atoms with Gasteiger partial charge in [0.05, 0.1) is 12.5 Å². The van der Waals surface area contributed by atoms with E-state index in [-0.39, 0.29) is 25.7 Å². The average molecular weight is 312 g/mol. The number of carbonyl (C=O) groups is 3. The van der Waals surface area contributed by atoms with Crippen LogP contribution >= 0.6 is 0 Å². The van der Waals surface area contributed by atoms with Crippen molar-refractivity contribution in [2.45, 2.75) is 39.7 Å². The van der Waals surface area contributed by atoms with Crippen molar-refractivity contribution in [3.05, 3.63) is 25.3 Å². The Hall–Kier alpha value is -2.11. The minimum absolute atomic E-state index is 0.0494. The summed E-state index contributed by atoms with van der Waals surface area (Å²) in [6.07, 6.45) is 2.48. The van der Waals surface area contributed by atoms with E-state index < -0.39 is 23.3 Å². The summed E-state index contributed by atoms with van der Waals surface area (Å²) in [4.78, 5) is 34.3. The highest BCUT2D eigenvalue weighted by Gasteiger charge is 2.32. The van der Waals surface area contributed by atoms with E-state index in [0.717, 1.165) is 12.2 Å². The van der Waals surface area contributed by atoms with Gasteiger partial charge in [0.15, 0.2) is 0 Å². The molecule has 1 atom stereocenters. The molecule has 0 N–H and O–H groups in total. The molecule has 0 aromatic heterocycles. The van der Waals surface area contributed by atoms with E-state index in [1.807, 2.05) is 6.92 Å². The highest BCUT2D eigenvalue weighted by molar-refractivity contribution is 5.81. The van der Waals surface area contributed by atoms with Crippen molar-refractivity contribution >= 4 is 17.9 Å². The Kier molecular flexibility index (Phi) is 8.82. The van der Waals surface area contributed by atoms with Gasteiger partial charge in [0, 0.05) is 17.6 Å². The fraction of sp³-hybridized carbons (Fsp3) is 0.562. The molecular weight excluding hydrogens is 288 g/mol. The maximum absolute atomic E-state index is 11.9. The third kappa shape index (κ3) is 8.24. The second kappa shape index (κ2) is 9.76. The highest BCUT2D eigenvalue weighted by Crippen LogP contribution is 2.24.